The predicted octanol–water partition coefficient (Wildman–Crippen LogP) is 4.28. The maximum absolute atomic E-state index is 13.4. The lowest BCUT2D eigenvalue weighted by molar-refractivity contribution is -0.113. The highest BCUT2D eigenvalue weighted by Gasteiger charge is 2.07. The lowest BCUT2D eigenvalue weighted by Gasteiger charge is -2.06. The Morgan fingerprint density at radius 3 is 2.75 bits per heavy atom. The number of carbonyl (C=O) groups is 1. The monoisotopic (exact) mass is 307 g/mol. The lowest BCUT2D eigenvalue weighted by atomic mass is 10.3. The zero-order valence-electron chi connectivity index (χ0n) is 10.9. The Kier molecular flexibility index (Phi) is 5.49. The van der Waals surface area contributed by atoms with Gasteiger partial charge in [-0.2, -0.15) is 0 Å². The summed E-state index contributed by atoms with van der Waals surface area (Å²) in [5, 5.41) is 2.81. The fourth-order valence-electron chi connectivity index (χ4n) is 1.60. The Balaban J connectivity index is 1.91. The molecule has 0 radical (unpaired) electrons. The molecule has 20 heavy (non-hydrogen) atoms. The van der Waals surface area contributed by atoms with Crippen LogP contribution in [0.15, 0.2) is 58.3 Å². The normalized spacial score (nSPS) is 10.3. The summed E-state index contributed by atoms with van der Waals surface area (Å²) in [4.78, 5) is 13.4. The number of anilines is 1. The predicted molar refractivity (Wildman–Crippen MR) is 84.0 cm³/mol. The van der Waals surface area contributed by atoms with Crippen molar-refractivity contribution >= 4 is 35.1 Å². The third-order valence-electron chi connectivity index (χ3n) is 2.55. The van der Waals surface area contributed by atoms with Gasteiger partial charge in [-0.15, -0.1) is 23.5 Å². The second-order valence-corrected chi connectivity index (χ2v) is 5.90. The maximum Gasteiger partial charge on any atom is 0.234 e. The Hall–Kier alpha value is -1.46. The molecule has 0 aliphatic carbocycles. The first kappa shape index (κ1) is 14.9. The first-order chi connectivity index (χ1) is 9.69. The van der Waals surface area contributed by atoms with Gasteiger partial charge in [0.1, 0.15) is 5.82 Å². The summed E-state index contributed by atoms with van der Waals surface area (Å²) in [7, 11) is 0. The smallest absolute Gasteiger partial charge is 0.234 e. The second-order valence-electron chi connectivity index (χ2n) is 4.00. The molecule has 0 fully saturated rings. The van der Waals surface area contributed by atoms with Crippen LogP contribution in [0.3, 0.4) is 0 Å². The van der Waals surface area contributed by atoms with Crippen LogP contribution < -0.4 is 5.32 Å². The number of hydrogen-bond acceptors (Lipinski definition) is 3. The minimum Gasteiger partial charge on any atom is -0.325 e. The van der Waals surface area contributed by atoms with Gasteiger partial charge < -0.3 is 5.32 Å². The molecule has 0 aliphatic rings. The van der Waals surface area contributed by atoms with E-state index in [1.54, 1.807) is 30.0 Å². The molecule has 0 heterocycles. The van der Waals surface area contributed by atoms with Gasteiger partial charge in [0.15, 0.2) is 0 Å². The molecule has 2 nitrogen and oxygen atoms in total. The van der Waals surface area contributed by atoms with Crippen LogP contribution in [-0.4, -0.2) is 17.9 Å². The molecule has 0 spiro atoms. The zero-order valence-corrected chi connectivity index (χ0v) is 12.6. The van der Waals surface area contributed by atoms with Crippen LogP contribution in [0.4, 0.5) is 10.1 Å². The van der Waals surface area contributed by atoms with Crippen molar-refractivity contribution in [3.05, 3.63) is 54.3 Å². The van der Waals surface area contributed by atoms with Crippen molar-refractivity contribution < 1.29 is 9.18 Å². The Labute approximate surface area is 126 Å². The van der Waals surface area contributed by atoms with E-state index in [1.807, 2.05) is 30.5 Å². The van der Waals surface area contributed by atoms with Crippen molar-refractivity contribution in [2.24, 2.45) is 0 Å². The van der Waals surface area contributed by atoms with Gasteiger partial charge in [0.25, 0.3) is 0 Å². The fourth-order valence-corrected chi connectivity index (χ4v) is 2.80. The van der Waals surface area contributed by atoms with Crippen LogP contribution in [0, 0.1) is 5.82 Å². The molecule has 0 saturated heterocycles. The number of rotatable bonds is 5. The standard InChI is InChI=1S/C15H14FNOS2/c1-19-12-6-4-5-11(9-12)17-15(18)10-20-14-8-3-2-7-13(14)16/h2-9H,10H2,1H3,(H,17,18). The average molecular weight is 307 g/mol. The number of halogens is 1. The van der Waals surface area contributed by atoms with Gasteiger partial charge in [0, 0.05) is 15.5 Å². The van der Waals surface area contributed by atoms with E-state index < -0.39 is 0 Å². The summed E-state index contributed by atoms with van der Waals surface area (Å²) in [5.74, 6) is -0.254. The molecule has 0 bridgehead atoms. The third-order valence-corrected chi connectivity index (χ3v) is 4.32. The first-order valence-corrected chi connectivity index (χ1v) is 8.21. The van der Waals surface area contributed by atoms with E-state index >= 15 is 0 Å². The molecule has 0 atom stereocenters. The van der Waals surface area contributed by atoms with Crippen LogP contribution in [0.5, 0.6) is 0 Å². The van der Waals surface area contributed by atoms with Crippen LogP contribution >= 0.6 is 23.5 Å². The summed E-state index contributed by atoms with van der Waals surface area (Å²) in [5.41, 5.74) is 0.760. The molecule has 2 rings (SSSR count). The first-order valence-electron chi connectivity index (χ1n) is 6.00. The number of carbonyl (C=O) groups excluding carboxylic acids is 1. The molecule has 0 unspecified atom stereocenters. The van der Waals surface area contributed by atoms with Crippen LogP contribution in [0.2, 0.25) is 0 Å². The van der Waals surface area contributed by atoms with E-state index in [0.29, 0.717) is 4.90 Å². The van der Waals surface area contributed by atoms with E-state index in [2.05, 4.69) is 5.32 Å². The molecule has 2 aromatic carbocycles. The van der Waals surface area contributed by atoms with Crippen LogP contribution in [0.25, 0.3) is 0 Å². The summed E-state index contributed by atoms with van der Waals surface area (Å²) >= 11 is 2.81. The summed E-state index contributed by atoms with van der Waals surface area (Å²) in [6.45, 7) is 0. The lowest BCUT2D eigenvalue weighted by Crippen LogP contribution is -2.14. The van der Waals surface area contributed by atoms with Crippen molar-refractivity contribution in [3.8, 4) is 0 Å². The number of nitrogens with one attached hydrogen (secondary N) is 1. The van der Waals surface area contributed by atoms with Crippen molar-refractivity contribution in [2.75, 3.05) is 17.3 Å². The maximum atomic E-state index is 13.4. The molecule has 0 aromatic heterocycles. The molecular weight excluding hydrogens is 293 g/mol. The van der Waals surface area contributed by atoms with Gasteiger partial charge in [-0.05, 0) is 36.6 Å². The van der Waals surface area contributed by atoms with E-state index in [4.69, 9.17) is 0 Å². The van der Waals surface area contributed by atoms with E-state index in [-0.39, 0.29) is 17.5 Å². The van der Waals surface area contributed by atoms with Gasteiger partial charge in [-0.3, -0.25) is 4.79 Å². The van der Waals surface area contributed by atoms with Crippen molar-refractivity contribution in [1.29, 1.82) is 0 Å². The highest BCUT2D eigenvalue weighted by molar-refractivity contribution is 8.00. The minimum absolute atomic E-state index is 0.142. The second kappa shape index (κ2) is 7.36. The third kappa shape index (κ3) is 4.28. The van der Waals surface area contributed by atoms with Crippen LogP contribution in [-0.2, 0) is 4.79 Å². The van der Waals surface area contributed by atoms with Gasteiger partial charge >= 0.3 is 0 Å². The Bertz CT molecular complexity index is 604. The van der Waals surface area contributed by atoms with Crippen LogP contribution in [0.1, 0.15) is 0 Å². The van der Waals surface area contributed by atoms with Gasteiger partial charge in [-0.25, -0.2) is 4.39 Å². The number of hydrogen-bond donors (Lipinski definition) is 1. The summed E-state index contributed by atoms with van der Waals surface area (Å²) in [6, 6.07) is 14.1. The number of amides is 1. The number of benzene rings is 2. The number of thioether (sulfide) groups is 2. The highest BCUT2D eigenvalue weighted by Crippen LogP contribution is 2.22. The van der Waals surface area contributed by atoms with Crippen molar-refractivity contribution in [3.63, 3.8) is 0 Å². The molecule has 0 saturated carbocycles. The molecule has 1 amide bonds. The van der Waals surface area contributed by atoms with Crippen molar-refractivity contribution in [1.82, 2.24) is 0 Å². The topological polar surface area (TPSA) is 29.1 Å². The van der Waals surface area contributed by atoms with E-state index in [1.165, 1.54) is 17.8 Å². The van der Waals surface area contributed by atoms with Crippen molar-refractivity contribution in [2.45, 2.75) is 9.79 Å². The van der Waals surface area contributed by atoms with Gasteiger partial charge in [-0.1, -0.05) is 18.2 Å². The van der Waals surface area contributed by atoms with Gasteiger partial charge in [0.2, 0.25) is 5.91 Å². The summed E-state index contributed by atoms with van der Waals surface area (Å²) in [6.07, 6.45) is 1.98. The minimum atomic E-state index is -0.297. The molecule has 2 aromatic rings. The molecule has 5 heteroatoms. The molecular formula is C15H14FNOS2. The summed E-state index contributed by atoms with van der Waals surface area (Å²) < 4.78 is 13.4. The van der Waals surface area contributed by atoms with Gasteiger partial charge in [0.05, 0.1) is 5.75 Å². The molecule has 104 valence electrons. The zero-order chi connectivity index (χ0) is 14.4. The molecule has 1 N–H and O–H groups in total. The SMILES string of the molecule is CSc1cccc(NC(=O)CSc2ccccc2F)c1. The van der Waals surface area contributed by atoms with E-state index in [9.17, 15) is 9.18 Å². The molecule has 0 aliphatic heterocycles. The van der Waals surface area contributed by atoms with E-state index in [0.717, 1.165) is 10.6 Å². The fraction of sp³-hybridized carbons (Fsp3) is 0.133. The Morgan fingerprint density at radius 1 is 1.20 bits per heavy atom. The largest absolute Gasteiger partial charge is 0.325 e. The average Bonchev–Trinajstić information content (AvgIpc) is 2.46. The highest BCUT2D eigenvalue weighted by atomic mass is 32.2. The Morgan fingerprint density at radius 2 is 2.00 bits per heavy atom. The quantitative estimate of drug-likeness (QED) is 0.836.